The lowest BCUT2D eigenvalue weighted by Gasteiger charge is -2.34. The van der Waals surface area contributed by atoms with Gasteiger partial charge in [0.25, 0.3) is 0 Å². The smallest absolute Gasteiger partial charge is 0.416 e. The monoisotopic (exact) mass is 374 g/mol. The second-order valence-electron chi connectivity index (χ2n) is 8.35. The van der Waals surface area contributed by atoms with Gasteiger partial charge in [-0.1, -0.05) is 0 Å². The Morgan fingerprint density at radius 2 is 1.89 bits per heavy atom. The van der Waals surface area contributed by atoms with Crippen molar-refractivity contribution in [1.82, 2.24) is 14.9 Å². The van der Waals surface area contributed by atoms with Gasteiger partial charge in [0, 0.05) is 31.3 Å². The molecule has 7 nitrogen and oxygen atoms in total. The van der Waals surface area contributed by atoms with Gasteiger partial charge in [-0.2, -0.15) is 0 Å². The lowest BCUT2D eigenvalue weighted by molar-refractivity contribution is -0.0431. The van der Waals surface area contributed by atoms with E-state index in [2.05, 4.69) is 28.7 Å². The van der Waals surface area contributed by atoms with Crippen LogP contribution in [0.4, 0.5) is 10.6 Å². The highest BCUT2D eigenvalue weighted by molar-refractivity contribution is 5.89. The lowest BCUT2D eigenvalue weighted by atomic mass is 9.91. The molecule has 0 unspecified atom stereocenters. The van der Waals surface area contributed by atoms with Gasteiger partial charge >= 0.3 is 6.09 Å². The van der Waals surface area contributed by atoms with Crippen LogP contribution in [0.15, 0.2) is 12.4 Å². The van der Waals surface area contributed by atoms with Crippen molar-refractivity contribution in [2.24, 2.45) is 5.92 Å². The van der Waals surface area contributed by atoms with Crippen molar-refractivity contribution in [3.8, 4) is 0 Å². The van der Waals surface area contributed by atoms with Crippen molar-refractivity contribution in [2.75, 3.05) is 37.7 Å². The van der Waals surface area contributed by atoms with Crippen molar-refractivity contribution in [1.29, 1.82) is 0 Å². The fourth-order valence-electron chi connectivity index (χ4n) is 4.47. The second kappa shape index (κ2) is 7.72. The van der Waals surface area contributed by atoms with E-state index in [0.29, 0.717) is 37.5 Å². The molecule has 0 aromatic carbocycles. The maximum absolute atomic E-state index is 12.6. The largest absolute Gasteiger partial charge is 0.440 e. The minimum Gasteiger partial charge on any atom is -0.440 e. The Hall–Kier alpha value is -1.73. The summed E-state index contributed by atoms with van der Waals surface area (Å²) in [5.41, 5.74) is 0.494. The third kappa shape index (κ3) is 3.94. The van der Waals surface area contributed by atoms with Gasteiger partial charge in [0.2, 0.25) is 0 Å². The number of ether oxygens (including phenoxy) is 2. The summed E-state index contributed by atoms with van der Waals surface area (Å²) in [5.74, 6) is 1.27. The number of hydrogen-bond donors (Lipinski definition) is 0. The number of likely N-dealkylation sites (tertiary alicyclic amines) is 1. The number of hydrogen-bond acceptors (Lipinski definition) is 6. The number of piperidine rings is 1. The van der Waals surface area contributed by atoms with Gasteiger partial charge in [0.1, 0.15) is 5.60 Å². The first-order chi connectivity index (χ1) is 13.1. The zero-order valence-corrected chi connectivity index (χ0v) is 16.4. The maximum Gasteiger partial charge on any atom is 0.416 e. The molecule has 0 saturated carbocycles. The fourth-order valence-corrected chi connectivity index (χ4v) is 4.47. The summed E-state index contributed by atoms with van der Waals surface area (Å²) in [4.78, 5) is 25.9. The minimum absolute atomic E-state index is 0.298. The summed E-state index contributed by atoms with van der Waals surface area (Å²) in [5, 5.41) is 0. The van der Waals surface area contributed by atoms with Crippen LogP contribution in [-0.2, 0) is 15.9 Å². The molecule has 0 N–H and O–H groups in total. The first-order valence-electron chi connectivity index (χ1n) is 10.2. The fraction of sp³-hybridized carbons (Fsp3) is 0.750. The molecule has 3 aliphatic heterocycles. The van der Waals surface area contributed by atoms with Gasteiger partial charge < -0.3 is 14.4 Å². The van der Waals surface area contributed by atoms with Crippen molar-refractivity contribution in [3.05, 3.63) is 18.1 Å². The Balaban J connectivity index is 1.46. The predicted molar refractivity (Wildman–Crippen MR) is 102 cm³/mol. The van der Waals surface area contributed by atoms with Gasteiger partial charge in [-0.25, -0.2) is 9.78 Å². The van der Waals surface area contributed by atoms with E-state index in [1.807, 2.05) is 0 Å². The van der Waals surface area contributed by atoms with E-state index in [1.165, 1.54) is 12.8 Å². The third-order valence-electron chi connectivity index (χ3n) is 6.24. The number of aromatic nitrogens is 2. The van der Waals surface area contributed by atoms with E-state index in [-0.39, 0.29) is 6.09 Å². The first kappa shape index (κ1) is 18.6. The summed E-state index contributed by atoms with van der Waals surface area (Å²) >= 11 is 0. The number of anilines is 1. The number of carbonyl (C=O) groups is 1. The number of rotatable bonds is 4. The highest BCUT2D eigenvalue weighted by atomic mass is 16.6. The van der Waals surface area contributed by atoms with Gasteiger partial charge in [-0.15, -0.1) is 0 Å². The zero-order valence-electron chi connectivity index (χ0n) is 16.4. The van der Waals surface area contributed by atoms with Crippen LogP contribution < -0.4 is 4.90 Å². The Morgan fingerprint density at radius 3 is 2.59 bits per heavy atom. The topological polar surface area (TPSA) is 67.8 Å². The quantitative estimate of drug-likeness (QED) is 0.807. The van der Waals surface area contributed by atoms with Gasteiger partial charge in [-0.05, 0) is 52.1 Å². The van der Waals surface area contributed by atoms with E-state index in [4.69, 9.17) is 9.47 Å². The second-order valence-corrected chi connectivity index (χ2v) is 8.35. The molecule has 4 rings (SSSR count). The van der Waals surface area contributed by atoms with E-state index in [9.17, 15) is 4.79 Å². The summed E-state index contributed by atoms with van der Waals surface area (Å²) in [6.07, 6.45) is 7.80. The molecular weight excluding hydrogens is 344 g/mol. The summed E-state index contributed by atoms with van der Waals surface area (Å²) in [6.45, 7) is 8.61. The van der Waals surface area contributed by atoms with Crippen molar-refractivity contribution < 1.29 is 14.3 Å². The number of nitrogens with zero attached hydrogens (tertiary/aromatic N) is 4. The molecule has 3 aliphatic rings. The average Bonchev–Trinajstić information content (AvgIpc) is 2.98. The van der Waals surface area contributed by atoms with Crippen LogP contribution in [0.25, 0.3) is 0 Å². The minimum atomic E-state index is -0.424. The van der Waals surface area contributed by atoms with Crippen LogP contribution >= 0.6 is 0 Å². The van der Waals surface area contributed by atoms with Gasteiger partial charge in [0.05, 0.1) is 25.5 Å². The van der Waals surface area contributed by atoms with Crippen molar-refractivity contribution in [3.63, 3.8) is 0 Å². The molecule has 7 heteroatoms. The van der Waals surface area contributed by atoms with E-state index >= 15 is 0 Å². The molecule has 1 spiro atoms. The number of amides is 1. The molecular formula is C20H30N4O3. The van der Waals surface area contributed by atoms with Crippen LogP contribution in [0.3, 0.4) is 0 Å². The van der Waals surface area contributed by atoms with Gasteiger partial charge in [-0.3, -0.25) is 9.88 Å². The lowest BCUT2D eigenvalue weighted by Crippen LogP contribution is -2.40. The maximum atomic E-state index is 12.6. The van der Waals surface area contributed by atoms with Gasteiger partial charge in [0.15, 0.2) is 5.82 Å². The molecule has 4 heterocycles. The third-order valence-corrected chi connectivity index (χ3v) is 6.24. The van der Waals surface area contributed by atoms with Crippen molar-refractivity contribution >= 4 is 11.9 Å². The van der Waals surface area contributed by atoms with E-state index in [0.717, 1.165) is 38.0 Å². The number of carbonyl (C=O) groups excluding carboxylic acids is 1. The van der Waals surface area contributed by atoms with Crippen LogP contribution in [-0.4, -0.2) is 65.5 Å². The highest BCUT2D eigenvalue weighted by Crippen LogP contribution is 2.36. The Bertz CT molecular complexity index is 667. The molecule has 3 saturated heterocycles. The molecule has 1 aromatic rings. The van der Waals surface area contributed by atoms with Crippen molar-refractivity contribution in [2.45, 2.75) is 57.6 Å². The summed E-state index contributed by atoms with van der Waals surface area (Å²) in [7, 11) is 0. The zero-order chi connectivity index (χ0) is 18.9. The molecule has 0 atom stereocenters. The van der Waals surface area contributed by atoms with E-state index < -0.39 is 5.60 Å². The Kier molecular flexibility index (Phi) is 5.32. The van der Waals surface area contributed by atoms with Crippen LogP contribution in [0.5, 0.6) is 0 Å². The highest BCUT2D eigenvalue weighted by Gasteiger charge is 2.47. The molecule has 148 valence electrons. The summed E-state index contributed by atoms with van der Waals surface area (Å²) < 4.78 is 11.2. The first-order valence-corrected chi connectivity index (χ1v) is 10.2. The van der Waals surface area contributed by atoms with E-state index in [1.54, 1.807) is 17.3 Å². The molecule has 1 aromatic heterocycles. The molecule has 0 radical (unpaired) electrons. The Morgan fingerprint density at radius 1 is 1.19 bits per heavy atom. The predicted octanol–water partition coefficient (Wildman–Crippen LogP) is 2.65. The standard InChI is InChI=1S/C20H30N4O3/c1-15(2)23-9-3-16(4-10-23)13-17-18(22-8-7-21-17)24-14-20(27-19(24)25)5-11-26-12-6-20/h7-8,15-16H,3-6,9-14H2,1-2H3. The molecule has 0 bridgehead atoms. The normalized spacial score (nSPS) is 24.0. The van der Waals surface area contributed by atoms with Crippen LogP contribution in [0.1, 0.15) is 45.2 Å². The summed E-state index contributed by atoms with van der Waals surface area (Å²) in [6, 6.07) is 0.605. The Labute approximate surface area is 161 Å². The van der Waals surface area contributed by atoms with Crippen LogP contribution in [0, 0.1) is 5.92 Å². The molecule has 0 aliphatic carbocycles. The molecule has 3 fully saturated rings. The molecule has 1 amide bonds. The molecule has 27 heavy (non-hydrogen) atoms. The van der Waals surface area contributed by atoms with Crippen LogP contribution in [0.2, 0.25) is 0 Å². The SMILES string of the molecule is CC(C)N1CCC(Cc2nccnc2N2CC3(CCOCC3)OC2=O)CC1. The average molecular weight is 374 g/mol.